The molecule has 3 heterocycles. The van der Waals surface area contributed by atoms with Crippen LogP contribution in [-0.4, -0.2) is 65.5 Å². The first-order valence-corrected chi connectivity index (χ1v) is 6.05. The van der Waals surface area contributed by atoms with E-state index in [1.54, 1.807) is 0 Å². The largest absolute Gasteiger partial charge is 0.365 e. The van der Waals surface area contributed by atoms with Gasteiger partial charge in [0.05, 0.1) is 5.70 Å². The van der Waals surface area contributed by atoms with Crippen molar-refractivity contribution in [2.24, 2.45) is 0 Å². The summed E-state index contributed by atoms with van der Waals surface area (Å²) in [6.45, 7) is 5.41. The number of carbonyl (C=O) groups is 2. The fraction of sp³-hybridized carbons (Fsp3) is 0.500. The summed E-state index contributed by atoms with van der Waals surface area (Å²) < 4.78 is 0. The van der Waals surface area contributed by atoms with Crippen LogP contribution in [0.5, 0.6) is 0 Å². The van der Waals surface area contributed by atoms with E-state index < -0.39 is 0 Å². The maximum atomic E-state index is 12.4. The number of hydrogen-bond donors (Lipinski definition) is 0. The summed E-state index contributed by atoms with van der Waals surface area (Å²) >= 11 is 0. The number of carbonyl (C=O) groups excluding carboxylic acids is 2. The first kappa shape index (κ1) is 9.27. The molecular weight excluding hydrogens is 218 g/mol. The lowest BCUT2D eigenvalue weighted by Gasteiger charge is -2.21. The predicted octanol–water partition coefficient (Wildman–Crippen LogP) is -0.819. The number of rotatable bonds is 3. The molecule has 0 aromatic rings. The van der Waals surface area contributed by atoms with Gasteiger partial charge in [-0.25, -0.2) is 0 Å². The van der Waals surface area contributed by atoms with Crippen LogP contribution in [0.4, 0.5) is 0 Å². The molecular formula is C12H13N3O2. The Morgan fingerprint density at radius 1 is 0.765 bits per heavy atom. The van der Waals surface area contributed by atoms with Crippen molar-refractivity contribution in [2.75, 3.05) is 39.3 Å². The van der Waals surface area contributed by atoms with E-state index in [1.807, 2.05) is 14.7 Å². The van der Waals surface area contributed by atoms with E-state index in [0.717, 1.165) is 39.3 Å². The third-order valence-electron chi connectivity index (χ3n) is 3.49. The van der Waals surface area contributed by atoms with Crippen LogP contribution in [0.15, 0.2) is 23.2 Å². The lowest BCUT2D eigenvalue weighted by atomic mass is 10.0. The van der Waals surface area contributed by atoms with Gasteiger partial charge in [0.1, 0.15) is 11.4 Å². The van der Waals surface area contributed by atoms with Crippen molar-refractivity contribution < 1.29 is 9.59 Å². The van der Waals surface area contributed by atoms with E-state index in [4.69, 9.17) is 0 Å². The van der Waals surface area contributed by atoms with Crippen molar-refractivity contribution in [3.05, 3.63) is 23.2 Å². The van der Waals surface area contributed by atoms with Gasteiger partial charge in [-0.05, 0) is 0 Å². The summed E-state index contributed by atoms with van der Waals surface area (Å²) in [5.41, 5.74) is 1.89. The van der Waals surface area contributed by atoms with Crippen molar-refractivity contribution in [1.82, 2.24) is 14.7 Å². The van der Waals surface area contributed by atoms with Gasteiger partial charge in [0.15, 0.2) is 0 Å². The molecule has 88 valence electrons. The number of Topliss-reactive ketones (excluding diaryl/α,β-unsaturated/α-hetero) is 1. The minimum absolute atomic E-state index is 0.00546. The van der Waals surface area contributed by atoms with Gasteiger partial charge in [-0.15, -0.1) is 0 Å². The smallest absolute Gasteiger partial charge is 0.227 e. The lowest BCUT2D eigenvalue weighted by molar-refractivity contribution is -0.117. The van der Waals surface area contributed by atoms with E-state index in [0.29, 0.717) is 17.1 Å². The zero-order chi connectivity index (χ0) is 11.6. The molecule has 0 spiro atoms. The maximum Gasteiger partial charge on any atom is 0.227 e. The second-order valence-corrected chi connectivity index (χ2v) is 4.88. The average molecular weight is 231 g/mol. The van der Waals surface area contributed by atoms with Crippen LogP contribution in [0.1, 0.15) is 0 Å². The quantitative estimate of drug-likeness (QED) is 0.469. The Hall–Kier alpha value is -1.78. The fourth-order valence-corrected chi connectivity index (χ4v) is 2.28. The molecule has 0 unspecified atom stereocenters. The van der Waals surface area contributed by atoms with Gasteiger partial charge >= 0.3 is 0 Å². The topological polar surface area (TPSA) is 43.2 Å². The van der Waals surface area contributed by atoms with Gasteiger partial charge < -0.3 is 14.7 Å². The number of allylic oxidation sites excluding steroid dienone is 1. The van der Waals surface area contributed by atoms with Crippen molar-refractivity contribution in [3.63, 3.8) is 0 Å². The molecule has 0 atom stereocenters. The summed E-state index contributed by atoms with van der Waals surface area (Å²) in [6.07, 6.45) is 1.52. The van der Waals surface area contributed by atoms with Gasteiger partial charge in [0.25, 0.3) is 0 Å². The molecule has 5 nitrogen and oxygen atoms in total. The molecule has 0 aromatic heterocycles. The highest BCUT2D eigenvalue weighted by Crippen LogP contribution is 2.33. The zero-order valence-corrected chi connectivity index (χ0v) is 9.48. The molecule has 17 heavy (non-hydrogen) atoms. The van der Waals surface area contributed by atoms with Crippen LogP contribution in [0.25, 0.3) is 0 Å². The summed E-state index contributed by atoms with van der Waals surface area (Å²) in [5.74, 6) is 0.0485. The van der Waals surface area contributed by atoms with Crippen molar-refractivity contribution in [2.45, 2.75) is 0 Å². The van der Waals surface area contributed by atoms with E-state index in [2.05, 4.69) is 0 Å². The first-order chi connectivity index (χ1) is 8.25. The van der Waals surface area contributed by atoms with Crippen LogP contribution in [0.2, 0.25) is 0 Å². The van der Waals surface area contributed by atoms with E-state index >= 15 is 0 Å². The van der Waals surface area contributed by atoms with E-state index in [9.17, 15) is 9.59 Å². The molecule has 0 amide bonds. The maximum absolute atomic E-state index is 12.4. The third kappa shape index (κ3) is 1.38. The zero-order valence-electron chi connectivity index (χ0n) is 9.48. The number of hydrogen-bond acceptors (Lipinski definition) is 5. The molecule has 5 heteroatoms. The van der Waals surface area contributed by atoms with Gasteiger partial charge in [0.2, 0.25) is 11.6 Å². The molecule has 0 radical (unpaired) electrons. The highest BCUT2D eigenvalue weighted by Gasteiger charge is 2.43. The van der Waals surface area contributed by atoms with Crippen molar-refractivity contribution in [1.29, 1.82) is 0 Å². The summed E-state index contributed by atoms with van der Waals surface area (Å²) in [5, 5.41) is 0. The summed E-state index contributed by atoms with van der Waals surface area (Å²) in [4.78, 5) is 30.5. The second-order valence-electron chi connectivity index (χ2n) is 4.88. The van der Waals surface area contributed by atoms with E-state index in [1.165, 1.54) is 6.08 Å². The number of ketones is 2. The molecule has 3 saturated heterocycles. The molecule has 3 fully saturated rings. The van der Waals surface area contributed by atoms with Gasteiger partial charge in [-0.3, -0.25) is 9.59 Å². The van der Waals surface area contributed by atoms with Crippen LogP contribution in [-0.2, 0) is 9.59 Å². The summed E-state index contributed by atoms with van der Waals surface area (Å²) in [7, 11) is 0. The molecule has 0 bridgehead atoms. The Kier molecular flexibility index (Phi) is 1.59. The Morgan fingerprint density at radius 2 is 1.29 bits per heavy atom. The Morgan fingerprint density at radius 3 is 1.82 bits per heavy atom. The molecule has 4 aliphatic rings. The summed E-state index contributed by atoms with van der Waals surface area (Å²) in [6, 6.07) is 0. The first-order valence-electron chi connectivity index (χ1n) is 6.05. The Bertz CT molecular complexity index is 494. The number of nitrogens with zero attached hydrogens (tertiary/aromatic N) is 3. The predicted molar refractivity (Wildman–Crippen MR) is 59.8 cm³/mol. The van der Waals surface area contributed by atoms with Crippen LogP contribution >= 0.6 is 0 Å². The van der Waals surface area contributed by atoms with Crippen LogP contribution in [0, 0.1) is 0 Å². The highest BCUT2D eigenvalue weighted by molar-refractivity contribution is 6.22. The normalized spacial score (nSPS) is 26.6. The molecule has 4 rings (SSSR count). The average Bonchev–Trinajstić information content (AvgIpc) is 3.13. The van der Waals surface area contributed by atoms with Crippen molar-refractivity contribution >= 4 is 11.6 Å². The van der Waals surface area contributed by atoms with Gasteiger partial charge in [-0.1, -0.05) is 0 Å². The second kappa shape index (κ2) is 2.91. The lowest BCUT2D eigenvalue weighted by Crippen LogP contribution is -2.29. The molecule has 0 N–H and O–H groups in total. The SMILES string of the molecule is O=C1C=C(N2CC2)C(=O)C(N2CC2)=C1N1CC1. The van der Waals surface area contributed by atoms with E-state index in [-0.39, 0.29) is 11.6 Å². The van der Waals surface area contributed by atoms with Gasteiger partial charge in [0, 0.05) is 45.3 Å². The minimum Gasteiger partial charge on any atom is -0.365 e. The third-order valence-corrected chi connectivity index (χ3v) is 3.49. The standard InChI is InChI=1S/C12H13N3O2/c16-9-7-8(13-1-2-13)12(17)11(15-5-6-15)10(9)14-3-4-14/h7H,1-6H2. The monoisotopic (exact) mass is 231 g/mol. The van der Waals surface area contributed by atoms with Gasteiger partial charge in [-0.2, -0.15) is 0 Å². The van der Waals surface area contributed by atoms with Crippen LogP contribution < -0.4 is 0 Å². The van der Waals surface area contributed by atoms with Crippen LogP contribution in [0.3, 0.4) is 0 Å². The highest BCUT2D eigenvalue weighted by atomic mass is 16.1. The minimum atomic E-state index is 0.00546. The molecule has 0 aromatic carbocycles. The molecule has 1 aliphatic carbocycles. The Labute approximate surface area is 99.0 Å². The fourth-order valence-electron chi connectivity index (χ4n) is 2.28. The molecule has 3 aliphatic heterocycles. The van der Waals surface area contributed by atoms with Crippen molar-refractivity contribution in [3.8, 4) is 0 Å². The molecule has 0 saturated carbocycles. The Balaban J connectivity index is 1.78.